The number of aryl methyl sites for hydroxylation is 1. The van der Waals surface area contributed by atoms with Crippen molar-refractivity contribution < 1.29 is 8.42 Å². The zero-order chi connectivity index (χ0) is 15.8. The molecular weight excluding hydrogens is 378 g/mol. The largest absolute Gasteiger partial charge is 0.398 e. The lowest BCUT2D eigenvalue weighted by atomic mass is 10.1. The van der Waals surface area contributed by atoms with Crippen molar-refractivity contribution in [2.24, 2.45) is 0 Å². The molecule has 2 rings (SSSR count). The number of nitrogen functional groups attached to an aromatic ring is 1. The van der Waals surface area contributed by atoms with Gasteiger partial charge in [0.1, 0.15) is 0 Å². The van der Waals surface area contributed by atoms with Crippen LogP contribution < -0.4 is 10.5 Å². The van der Waals surface area contributed by atoms with E-state index in [9.17, 15) is 8.42 Å². The summed E-state index contributed by atoms with van der Waals surface area (Å²) < 4.78 is 27.8. The van der Waals surface area contributed by atoms with Crippen molar-refractivity contribution in [3.63, 3.8) is 0 Å². The van der Waals surface area contributed by atoms with Gasteiger partial charge < -0.3 is 5.73 Å². The maximum atomic E-state index is 12.4. The number of sulfonamides is 1. The maximum Gasteiger partial charge on any atom is 0.262 e. The van der Waals surface area contributed by atoms with E-state index in [4.69, 9.17) is 17.3 Å². The summed E-state index contributed by atoms with van der Waals surface area (Å²) in [4.78, 5) is 3.96. The highest BCUT2D eigenvalue weighted by Gasteiger charge is 2.18. The highest BCUT2D eigenvalue weighted by Crippen LogP contribution is 2.27. The maximum absolute atomic E-state index is 12.4. The first-order valence-electron chi connectivity index (χ1n) is 5.91. The van der Waals surface area contributed by atoms with E-state index in [0.29, 0.717) is 10.2 Å². The molecule has 0 bridgehead atoms. The van der Waals surface area contributed by atoms with Gasteiger partial charge in [0.25, 0.3) is 10.0 Å². The molecule has 0 amide bonds. The van der Waals surface area contributed by atoms with E-state index in [2.05, 4.69) is 25.6 Å². The zero-order valence-electron chi connectivity index (χ0n) is 11.3. The van der Waals surface area contributed by atoms with Gasteiger partial charge in [0.05, 0.1) is 10.6 Å². The molecule has 0 saturated carbocycles. The molecule has 5 nitrogen and oxygen atoms in total. The van der Waals surface area contributed by atoms with Crippen LogP contribution in [0.4, 0.5) is 11.4 Å². The van der Waals surface area contributed by atoms with Crippen molar-refractivity contribution in [1.82, 2.24) is 4.98 Å². The topological polar surface area (TPSA) is 85.1 Å². The Labute approximate surface area is 136 Å². The molecule has 0 radical (unpaired) electrons. The van der Waals surface area contributed by atoms with Crippen LogP contribution in [0, 0.1) is 13.8 Å². The average Bonchev–Trinajstić information content (AvgIpc) is 2.39. The van der Waals surface area contributed by atoms with E-state index < -0.39 is 10.0 Å². The summed E-state index contributed by atoms with van der Waals surface area (Å²) in [5, 5.41) is 0.0681. The van der Waals surface area contributed by atoms with Gasteiger partial charge in [0.2, 0.25) is 0 Å². The van der Waals surface area contributed by atoms with Gasteiger partial charge in [0, 0.05) is 16.4 Å². The van der Waals surface area contributed by atoms with Gasteiger partial charge in [-0.3, -0.25) is 4.72 Å². The van der Waals surface area contributed by atoms with Crippen molar-refractivity contribution in [3.05, 3.63) is 45.1 Å². The fraction of sp³-hybridized carbons (Fsp3) is 0.154. The predicted molar refractivity (Wildman–Crippen MR) is 88.1 cm³/mol. The molecule has 0 saturated heterocycles. The number of hydrogen-bond donors (Lipinski definition) is 2. The molecule has 3 N–H and O–H groups in total. The summed E-state index contributed by atoms with van der Waals surface area (Å²) in [6, 6.07) is 4.52. The lowest BCUT2D eigenvalue weighted by molar-refractivity contribution is 0.601. The Morgan fingerprint density at radius 2 is 1.95 bits per heavy atom. The minimum Gasteiger partial charge on any atom is -0.398 e. The molecule has 1 aromatic carbocycles. The number of aromatic nitrogens is 1. The molecule has 0 spiro atoms. The monoisotopic (exact) mass is 389 g/mol. The number of nitrogens with two attached hydrogens (primary N) is 1. The molecule has 2 aromatic rings. The van der Waals surface area contributed by atoms with E-state index in [1.165, 1.54) is 18.3 Å². The molecular formula is C13H13BrClN3O2S. The van der Waals surface area contributed by atoms with Crippen LogP contribution in [-0.2, 0) is 10.0 Å². The highest BCUT2D eigenvalue weighted by molar-refractivity contribution is 9.10. The van der Waals surface area contributed by atoms with Crippen LogP contribution in [0.2, 0.25) is 5.15 Å². The lowest BCUT2D eigenvalue weighted by Crippen LogP contribution is -2.14. The Morgan fingerprint density at radius 1 is 1.29 bits per heavy atom. The summed E-state index contributed by atoms with van der Waals surface area (Å²) in [5.74, 6) is 0. The lowest BCUT2D eigenvalue weighted by Gasteiger charge is -2.12. The summed E-state index contributed by atoms with van der Waals surface area (Å²) in [5.41, 5.74) is 8.11. The Balaban J connectivity index is 2.46. The SMILES string of the molecule is Cc1cc(S(=O)(=O)Nc2cc(Br)cnc2Cl)cc(N)c1C. The second kappa shape index (κ2) is 5.82. The molecule has 0 atom stereocenters. The molecule has 8 heteroatoms. The van der Waals surface area contributed by atoms with Gasteiger partial charge in [-0.05, 0) is 59.1 Å². The smallest absolute Gasteiger partial charge is 0.262 e. The van der Waals surface area contributed by atoms with E-state index >= 15 is 0 Å². The average molecular weight is 391 g/mol. The van der Waals surface area contributed by atoms with Gasteiger partial charge in [-0.2, -0.15) is 0 Å². The highest BCUT2D eigenvalue weighted by atomic mass is 79.9. The van der Waals surface area contributed by atoms with E-state index in [1.807, 2.05) is 6.92 Å². The quantitative estimate of drug-likeness (QED) is 0.620. The number of nitrogens with zero attached hydrogens (tertiary/aromatic N) is 1. The van der Waals surface area contributed by atoms with Gasteiger partial charge in [-0.15, -0.1) is 0 Å². The fourth-order valence-electron chi connectivity index (χ4n) is 1.71. The molecule has 21 heavy (non-hydrogen) atoms. The number of anilines is 2. The molecule has 1 heterocycles. The Bertz CT molecular complexity index is 786. The predicted octanol–water partition coefficient (Wildman–Crippen LogP) is 3.50. The minimum atomic E-state index is -3.79. The first-order valence-corrected chi connectivity index (χ1v) is 8.56. The Morgan fingerprint density at radius 3 is 2.57 bits per heavy atom. The van der Waals surface area contributed by atoms with E-state index in [1.54, 1.807) is 13.0 Å². The van der Waals surface area contributed by atoms with Crippen molar-refractivity contribution >= 4 is 48.9 Å². The fourth-order valence-corrected chi connectivity index (χ4v) is 3.42. The summed E-state index contributed by atoms with van der Waals surface area (Å²) in [6.07, 6.45) is 1.48. The van der Waals surface area contributed by atoms with Crippen LogP contribution in [0.1, 0.15) is 11.1 Å². The van der Waals surface area contributed by atoms with E-state index in [0.717, 1.165) is 11.1 Å². The van der Waals surface area contributed by atoms with Gasteiger partial charge >= 0.3 is 0 Å². The standard InChI is InChI=1S/C13H13BrClN3O2S/c1-7-3-10(5-11(16)8(7)2)21(19,20)18-12-4-9(14)6-17-13(12)15/h3-6,18H,16H2,1-2H3. The third kappa shape index (κ3) is 3.48. The number of benzene rings is 1. The van der Waals surface area contributed by atoms with Crippen LogP contribution in [0.15, 0.2) is 33.8 Å². The Kier molecular flexibility index (Phi) is 4.46. The van der Waals surface area contributed by atoms with Crippen molar-refractivity contribution in [3.8, 4) is 0 Å². The molecule has 0 unspecified atom stereocenters. The molecule has 0 aliphatic rings. The normalized spacial score (nSPS) is 11.4. The number of rotatable bonds is 3. The first-order chi connectivity index (χ1) is 9.70. The van der Waals surface area contributed by atoms with Crippen molar-refractivity contribution in [1.29, 1.82) is 0 Å². The number of pyridine rings is 1. The van der Waals surface area contributed by atoms with Crippen LogP contribution in [0.3, 0.4) is 0 Å². The van der Waals surface area contributed by atoms with Gasteiger partial charge in [0.15, 0.2) is 5.15 Å². The first kappa shape index (κ1) is 16.1. The second-order valence-electron chi connectivity index (χ2n) is 4.55. The van der Waals surface area contributed by atoms with Crippen LogP contribution in [-0.4, -0.2) is 13.4 Å². The molecule has 0 aliphatic carbocycles. The summed E-state index contributed by atoms with van der Waals surface area (Å²) >= 11 is 9.11. The van der Waals surface area contributed by atoms with Crippen LogP contribution in [0.25, 0.3) is 0 Å². The van der Waals surface area contributed by atoms with Crippen LogP contribution >= 0.6 is 27.5 Å². The minimum absolute atomic E-state index is 0.0681. The zero-order valence-corrected chi connectivity index (χ0v) is 14.5. The number of hydrogen-bond acceptors (Lipinski definition) is 4. The van der Waals surface area contributed by atoms with Crippen LogP contribution in [0.5, 0.6) is 0 Å². The molecule has 112 valence electrons. The number of halogens is 2. The van der Waals surface area contributed by atoms with E-state index in [-0.39, 0.29) is 15.7 Å². The van der Waals surface area contributed by atoms with Crippen molar-refractivity contribution in [2.45, 2.75) is 18.7 Å². The van der Waals surface area contributed by atoms with Gasteiger partial charge in [-0.25, -0.2) is 13.4 Å². The Hall–Kier alpha value is -1.31. The molecule has 0 aliphatic heterocycles. The van der Waals surface area contributed by atoms with Gasteiger partial charge in [-0.1, -0.05) is 11.6 Å². The second-order valence-corrected chi connectivity index (χ2v) is 7.51. The van der Waals surface area contributed by atoms with Crippen molar-refractivity contribution in [2.75, 3.05) is 10.5 Å². The molecule has 0 fully saturated rings. The number of nitrogens with one attached hydrogen (secondary N) is 1. The third-order valence-corrected chi connectivity index (χ3v) is 5.12. The summed E-state index contributed by atoms with van der Waals surface area (Å²) in [6.45, 7) is 3.64. The molecule has 1 aromatic heterocycles. The third-order valence-electron chi connectivity index (χ3n) is 3.04. The summed E-state index contributed by atoms with van der Waals surface area (Å²) in [7, 11) is -3.79.